The highest BCUT2D eigenvalue weighted by Crippen LogP contribution is 2.42. The standard InChI is InChI=1S/C15H11Cl6N3O2.C13H9Cl6N3O2/c16-14(17,18)12-22-11(23-13(24-12)15(19,20)21)6-3-9-1-4-10(5-2-9)26-8-7-25;14-12(15,16)10-20-9(21-11(22-10)13(17,18)19)7-1-3-8(4-2-7)24-6-5-23/h1-6,25H,7-8H2;1-4,23H,5-6H2. The molecule has 0 unspecified atom stereocenters. The van der Waals surface area contributed by atoms with E-state index in [1.54, 1.807) is 60.7 Å². The summed E-state index contributed by atoms with van der Waals surface area (Å²) >= 11 is 69.9. The van der Waals surface area contributed by atoms with E-state index in [9.17, 15) is 0 Å². The summed E-state index contributed by atoms with van der Waals surface area (Å²) in [5.41, 5.74) is 1.40. The molecule has 2 aromatic heterocycles. The SMILES string of the molecule is OCCOc1ccc(-c2nc(C(Cl)(Cl)Cl)nc(C(Cl)(Cl)Cl)n2)cc1.OCCOc1ccc(C=Cc2nc(C(Cl)(Cl)Cl)nc(C(Cl)(Cl)Cl)n2)cc1. The molecule has 0 aliphatic rings. The minimum atomic E-state index is -1.91. The van der Waals surface area contributed by atoms with Crippen LogP contribution in [0.4, 0.5) is 0 Å². The molecule has 2 aromatic carbocycles. The van der Waals surface area contributed by atoms with Crippen molar-refractivity contribution in [2.45, 2.75) is 15.2 Å². The lowest BCUT2D eigenvalue weighted by Gasteiger charge is -2.15. The van der Waals surface area contributed by atoms with Gasteiger partial charge in [-0.1, -0.05) is 157 Å². The summed E-state index contributed by atoms with van der Waals surface area (Å²) in [6.07, 6.45) is 3.28. The quantitative estimate of drug-likeness (QED) is 0.156. The molecule has 0 atom stereocenters. The summed E-state index contributed by atoms with van der Waals surface area (Å²) < 4.78 is 2.93. The smallest absolute Gasteiger partial charge is 0.250 e. The molecule has 0 radical (unpaired) electrons. The van der Waals surface area contributed by atoms with Crippen LogP contribution in [0.1, 0.15) is 34.7 Å². The molecule has 0 saturated carbocycles. The second kappa shape index (κ2) is 19.0. The van der Waals surface area contributed by atoms with Gasteiger partial charge in [0.15, 0.2) is 34.9 Å². The van der Waals surface area contributed by atoms with Crippen molar-refractivity contribution in [2.75, 3.05) is 26.4 Å². The van der Waals surface area contributed by atoms with E-state index in [1.165, 1.54) is 0 Å². The molecule has 2 N–H and O–H groups in total. The van der Waals surface area contributed by atoms with Crippen LogP contribution in [0.5, 0.6) is 11.5 Å². The normalized spacial score (nSPS) is 12.4. The van der Waals surface area contributed by atoms with Crippen molar-refractivity contribution in [2.24, 2.45) is 0 Å². The highest BCUT2D eigenvalue weighted by molar-refractivity contribution is 6.68. The summed E-state index contributed by atoms with van der Waals surface area (Å²) in [6.45, 7) is 0.256. The third-order valence-corrected chi connectivity index (χ3v) is 7.47. The van der Waals surface area contributed by atoms with Gasteiger partial charge in [0.25, 0.3) is 0 Å². The number of ether oxygens (including phenoxy) is 2. The zero-order chi connectivity index (χ0) is 37.3. The van der Waals surface area contributed by atoms with Crippen molar-refractivity contribution in [3.05, 3.63) is 83.2 Å². The average Bonchev–Trinajstić information content (AvgIpc) is 3.04. The Labute approximate surface area is 345 Å². The van der Waals surface area contributed by atoms with Crippen LogP contribution in [0.2, 0.25) is 0 Å². The van der Waals surface area contributed by atoms with E-state index in [1.807, 2.05) is 0 Å². The first-order valence-electron chi connectivity index (χ1n) is 13.4. The fourth-order valence-electron chi connectivity index (χ4n) is 3.35. The Hall–Kier alpha value is -0.800. The van der Waals surface area contributed by atoms with Gasteiger partial charge in [-0.3, -0.25) is 0 Å². The molecule has 0 aliphatic heterocycles. The molecule has 0 amide bonds. The lowest BCUT2D eigenvalue weighted by molar-refractivity contribution is 0.201. The van der Waals surface area contributed by atoms with Crippen LogP contribution in [-0.2, 0) is 15.2 Å². The maximum absolute atomic E-state index is 8.75. The minimum absolute atomic E-state index is 0.0574. The number of hydrogen-bond acceptors (Lipinski definition) is 10. The number of alkyl halides is 12. The molecule has 4 aromatic rings. The summed E-state index contributed by atoms with van der Waals surface area (Å²) in [6, 6.07) is 13.8. The van der Waals surface area contributed by atoms with Crippen LogP contribution in [0, 0.1) is 0 Å². The number of aromatic nitrogens is 6. The van der Waals surface area contributed by atoms with Gasteiger partial charge in [0.1, 0.15) is 24.7 Å². The third-order valence-electron chi connectivity index (χ3n) is 5.44. The Morgan fingerprint density at radius 3 is 1.20 bits per heavy atom. The molecule has 0 aliphatic carbocycles. The Morgan fingerprint density at radius 1 is 0.480 bits per heavy atom. The molecule has 0 saturated heterocycles. The van der Waals surface area contributed by atoms with Crippen molar-refractivity contribution >= 4 is 151 Å². The molecule has 2 heterocycles. The van der Waals surface area contributed by atoms with Gasteiger partial charge in [0.2, 0.25) is 15.2 Å². The number of aliphatic hydroxyl groups excluding tert-OH is 2. The summed E-state index contributed by atoms with van der Waals surface area (Å²) in [5, 5.41) is 17.5. The van der Waals surface area contributed by atoms with E-state index < -0.39 is 15.2 Å². The maximum atomic E-state index is 8.75. The first-order chi connectivity index (χ1) is 23.2. The fourth-order valence-corrected chi connectivity index (χ4v) is 4.37. The lowest BCUT2D eigenvalue weighted by atomic mass is 10.2. The molecule has 10 nitrogen and oxygen atoms in total. The molecule has 0 bridgehead atoms. The Morgan fingerprint density at radius 2 is 0.840 bits per heavy atom. The van der Waals surface area contributed by atoms with E-state index in [0.29, 0.717) is 17.1 Å². The first kappa shape index (κ1) is 43.6. The summed E-state index contributed by atoms with van der Waals surface area (Å²) in [5.74, 6) is 0.860. The first-order valence-corrected chi connectivity index (χ1v) is 17.9. The van der Waals surface area contributed by atoms with Gasteiger partial charge in [0.05, 0.1) is 13.2 Å². The predicted octanol–water partition coefficient (Wildman–Crippen LogP) is 9.63. The molecular weight excluding hydrogens is 910 g/mol. The van der Waals surface area contributed by atoms with E-state index in [2.05, 4.69) is 29.9 Å². The lowest BCUT2D eigenvalue weighted by Crippen LogP contribution is -2.16. The van der Waals surface area contributed by atoms with Crippen molar-refractivity contribution in [1.29, 1.82) is 0 Å². The van der Waals surface area contributed by atoms with Gasteiger partial charge in [-0.2, -0.15) is 0 Å². The highest BCUT2D eigenvalue weighted by Gasteiger charge is 2.35. The third kappa shape index (κ3) is 14.2. The molecule has 50 heavy (non-hydrogen) atoms. The van der Waals surface area contributed by atoms with E-state index in [4.69, 9.17) is 159 Å². The van der Waals surface area contributed by atoms with Gasteiger partial charge >= 0.3 is 0 Å². The number of hydrogen-bond donors (Lipinski definition) is 2. The second-order valence-corrected chi connectivity index (χ2v) is 18.3. The zero-order valence-corrected chi connectivity index (χ0v) is 33.6. The molecule has 4 rings (SSSR count). The van der Waals surface area contributed by atoms with Crippen LogP contribution < -0.4 is 9.47 Å². The number of aliphatic hydroxyl groups is 2. The van der Waals surface area contributed by atoms with Gasteiger partial charge in [-0.05, 0) is 48.0 Å². The Balaban J connectivity index is 0.000000271. The van der Waals surface area contributed by atoms with Crippen LogP contribution in [0.3, 0.4) is 0 Å². The number of benzene rings is 2. The topological polar surface area (TPSA) is 136 Å². The van der Waals surface area contributed by atoms with Crippen LogP contribution in [-0.4, -0.2) is 66.5 Å². The van der Waals surface area contributed by atoms with E-state index in [-0.39, 0.29) is 61.4 Å². The van der Waals surface area contributed by atoms with Gasteiger partial charge in [-0.25, -0.2) is 29.9 Å². The molecular formula is C28H20Cl12N6O4. The summed E-state index contributed by atoms with van der Waals surface area (Å²) in [4.78, 5) is 24.1. The number of halogens is 12. The number of rotatable bonds is 9. The maximum Gasteiger partial charge on any atom is 0.250 e. The fraction of sp³-hybridized carbons (Fsp3) is 0.286. The van der Waals surface area contributed by atoms with Gasteiger partial charge in [-0.15, -0.1) is 0 Å². The molecule has 270 valence electrons. The predicted molar refractivity (Wildman–Crippen MR) is 203 cm³/mol. The van der Waals surface area contributed by atoms with Crippen LogP contribution in [0.15, 0.2) is 48.5 Å². The molecule has 0 fully saturated rings. The van der Waals surface area contributed by atoms with Crippen molar-refractivity contribution in [3.63, 3.8) is 0 Å². The number of nitrogens with zero attached hydrogens (tertiary/aromatic N) is 6. The second-order valence-electron chi connectivity index (χ2n) is 9.21. The molecule has 22 heteroatoms. The van der Waals surface area contributed by atoms with Gasteiger partial charge < -0.3 is 19.7 Å². The minimum Gasteiger partial charge on any atom is -0.491 e. The van der Waals surface area contributed by atoms with Crippen molar-refractivity contribution in [3.8, 4) is 22.9 Å². The van der Waals surface area contributed by atoms with Crippen molar-refractivity contribution in [1.82, 2.24) is 29.9 Å². The molecule has 0 spiro atoms. The van der Waals surface area contributed by atoms with Gasteiger partial charge in [0, 0.05) is 5.56 Å². The van der Waals surface area contributed by atoms with Crippen LogP contribution >= 0.6 is 139 Å². The monoisotopic (exact) mass is 924 g/mol. The zero-order valence-electron chi connectivity index (χ0n) is 24.5. The van der Waals surface area contributed by atoms with E-state index in [0.717, 1.165) is 5.56 Å². The Kier molecular flexibility index (Phi) is 16.6. The van der Waals surface area contributed by atoms with E-state index >= 15 is 0 Å². The largest absolute Gasteiger partial charge is 0.491 e. The highest BCUT2D eigenvalue weighted by atomic mass is 35.6. The average molecular weight is 930 g/mol. The van der Waals surface area contributed by atoms with Crippen LogP contribution in [0.25, 0.3) is 23.5 Å². The van der Waals surface area contributed by atoms with Crippen molar-refractivity contribution < 1.29 is 19.7 Å². The summed E-state index contributed by atoms with van der Waals surface area (Å²) in [7, 11) is 0. The Bertz CT molecular complexity index is 1660.